The number of rotatable bonds is 3. The van der Waals surface area contributed by atoms with E-state index in [0.717, 1.165) is 4.90 Å². The SMILES string of the molecule is Fc1ccc(OC(F)(F)F)cc1[C@H](N1CCNCC1)C(F)(F)F. The van der Waals surface area contributed by atoms with Crippen LogP contribution in [0.15, 0.2) is 18.2 Å². The van der Waals surface area contributed by atoms with Crippen LogP contribution in [0.1, 0.15) is 11.6 Å². The first-order chi connectivity index (χ1) is 10.6. The molecule has 1 atom stereocenters. The number of benzene rings is 1. The predicted octanol–water partition coefficient (Wildman–Crippen LogP) is 3.23. The molecule has 130 valence electrons. The van der Waals surface area contributed by atoms with E-state index in [4.69, 9.17) is 0 Å². The number of halogens is 7. The fourth-order valence-corrected chi connectivity index (χ4v) is 2.45. The molecular formula is C13H13F7N2O. The summed E-state index contributed by atoms with van der Waals surface area (Å²) in [5.41, 5.74) is -0.888. The Balaban J connectivity index is 2.39. The Morgan fingerprint density at radius 1 is 1.04 bits per heavy atom. The van der Waals surface area contributed by atoms with E-state index < -0.39 is 35.7 Å². The maximum absolute atomic E-state index is 13.9. The van der Waals surface area contributed by atoms with Gasteiger partial charge in [-0.1, -0.05) is 0 Å². The average Bonchev–Trinajstić information content (AvgIpc) is 2.41. The van der Waals surface area contributed by atoms with Gasteiger partial charge in [-0.25, -0.2) is 4.39 Å². The molecule has 1 aliphatic rings. The summed E-state index contributed by atoms with van der Waals surface area (Å²) in [6.45, 7) is 0.530. The summed E-state index contributed by atoms with van der Waals surface area (Å²) in [5, 5.41) is 2.85. The van der Waals surface area contributed by atoms with Crippen LogP contribution in [0.25, 0.3) is 0 Å². The molecular weight excluding hydrogens is 333 g/mol. The zero-order chi connectivity index (χ0) is 17.3. The quantitative estimate of drug-likeness (QED) is 0.851. The van der Waals surface area contributed by atoms with Gasteiger partial charge in [-0.15, -0.1) is 13.2 Å². The first-order valence-electron chi connectivity index (χ1n) is 6.64. The van der Waals surface area contributed by atoms with E-state index in [1.165, 1.54) is 0 Å². The fraction of sp³-hybridized carbons (Fsp3) is 0.538. The minimum Gasteiger partial charge on any atom is -0.406 e. The smallest absolute Gasteiger partial charge is 0.406 e. The molecule has 1 fully saturated rings. The topological polar surface area (TPSA) is 24.5 Å². The summed E-state index contributed by atoms with van der Waals surface area (Å²) in [6, 6.07) is -0.709. The fourth-order valence-electron chi connectivity index (χ4n) is 2.45. The van der Waals surface area contributed by atoms with Crippen LogP contribution in [-0.4, -0.2) is 43.6 Å². The molecule has 1 heterocycles. The molecule has 1 aliphatic heterocycles. The molecule has 0 spiro atoms. The number of piperazine rings is 1. The van der Waals surface area contributed by atoms with Crippen LogP contribution in [0, 0.1) is 5.82 Å². The van der Waals surface area contributed by atoms with Crippen molar-refractivity contribution in [1.29, 1.82) is 0 Å². The molecule has 1 aromatic carbocycles. The summed E-state index contributed by atoms with van der Waals surface area (Å²) in [6.07, 6.45) is -9.91. The number of hydrogen-bond acceptors (Lipinski definition) is 3. The Kier molecular flexibility index (Phi) is 5.04. The average molecular weight is 346 g/mol. The lowest BCUT2D eigenvalue weighted by molar-refractivity contribution is -0.274. The highest BCUT2D eigenvalue weighted by Gasteiger charge is 2.46. The van der Waals surface area contributed by atoms with Crippen molar-refractivity contribution in [2.45, 2.75) is 18.6 Å². The normalized spacial score (nSPS) is 18.7. The molecule has 1 saturated heterocycles. The van der Waals surface area contributed by atoms with Gasteiger partial charge in [-0.2, -0.15) is 13.2 Å². The molecule has 1 aromatic rings. The standard InChI is InChI=1S/C13H13F7N2O/c14-10-2-1-8(23-13(18,19)20)7-9(10)11(12(15,16)17)22-5-3-21-4-6-22/h1-2,7,11,21H,3-6H2/t11-/m0/s1. The number of hydrogen-bond donors (Lipinski definition) is 1. The first-order valence-corrected chi connectivity index (χ1v) is 6.64. The van der Waals surface area contributed by atoms with E-state index in [0.29, 0.717) is 18.2 Å². The van der Waals surface area contributed by atoms with Crippen LogP contribution >= 0.6 is 0 Å². The molecule has 0 radical (unpaired) electrons. The van der Waals surface area contributed by atoms with Crippen molar-refractivity contribution in [3.05, 3.63) is 29.6 Å². The highest BCUT2D eigenvalue weighted by Crippen LogP contribution is 2.40. The molecule has 0 bridgehead atoms. The van der Waals surface area contributed by atoms with Gasteiger partial charge >= 0.3 is 12.5 Å². The van der Waals surface area contributed by atoms with Gasteiger partial charge in [0, 0.05) is 31.7 Å². The lowest BCUT2D eigenvalue weighted by Gasteiger charge is -2.36. The van der Waals surface area contributed by atoms with Crippen LogP contribution in [-0.2, 0) is 0 Å². The van der Waals surface area contributed by atoms with Gasteiger partial charge < -0.3 is 10.1 Å². The summed E-state index contributed by atoms with van der Waals surface area (Å²) in [5.74, 6) is -2.13. The Morgan fingerprint density at radius 3 is 2.17 bits per heavy atom. The van der Waals surface area contributed by atoms with Gasteiger partial charge in [0.1, 0.15) is 17.6 Å². The lowest BCUT2D eigenvalue weighted by atomic mass is 10.0. The molecule has 0 saturated carbocycles. The van der Waals surface area contributed by atoms with Crippen LogP contribution < -0.4 is 10.1 Å². The highest BCUT2D eigenvalue weighted by molar-refractivity contribution is 5.33. The van der Waals surface area contributed by atoms with Gasteiger partial charge in [-0.3, -0.25) is 4.90 Å². The third-order valence-electron chi connectivity index (χ3n) is 3.32. The molecule has 3 nitrogen and oxygen atoms in total. The largest absolute Gasteiger partial charge is 0.573 e. The highest BCUT2D eigenvalue weighted by atomic mass is 19.4. The van der Waals surface area contributed by atoms with E-state index >= 15 is 0 Å². The van der Waals surface area contributed by atoms with Crippen molar-refractivity contribution < 1.29 is 35.5 Å². The second-order valence-electron chi connectivity index (χ2n) is 4.96. The first kappa shape index (κ1) is 17.8. The van der Waals surface area contributed by atoms with E-state index in [9.17, 15) is 30.7 Å². The molecule has 0 unspecified atom stereocenters. The van der Waals surface area contributed by atoms with E-state index in [-0.39, 0.29) is 26.2 Å². The molecule has 2 rings (SSSR count). The van der Waals surface area contributed by atoms with Crippen LogP contribution in [0.4, 0.5) is 30.7 Å². The predicted molar refractivity (Wildman–Crippen MR) is 66.3 cm³/mol. The summed E-state index contributed by atoms with van der Waals surface area (Å²) in [4.78, 5) is 0.978. The second kappa shape index (κ2) is 6.52. The monoisotopic (exact) mass is 346 g/mol. The van der Waals surface area contributed by atoms with Gasteiger partial charge in [-0.05, 0) is 18.2 Å². The third kappa shape index (κ3) is 4.71. The minimum absolute atomic E-state index is 0.00598. The third-order valence-corrected chi connectivity index (χ3v) is 3.32. The van der Waals surface area contributed by atoms with Crippen molar-refractivity contribution in [3.63, 3.8) is 0 Å². The van der Waals surface area contributed by atoms with Gasteiger partial charge in [0.25, 0.3) is 0 Å². The second-order valence-corrected chi connectivity index (χ2v) is 4.96. The van der Waals surface area contributed by atoms with Crippen molar-refractivity contribution in [1.82, 2.24) is 10.2 Å². The van der Waals surface area contributed by atoms with E-state index in [1.54, 1.807) is 0 Å². The number of ether oxygens (including phenoxy) is 1. The van der Waals surface area contributed by atoms with Gasteiger partial charge in [0.2, 0.25) is 0 Å². The minimum atomic E-state index is -5.07. The molecule has 0 aromatic heterocycles. The zero-order valence-electron chi connectivity index (χ0n) is 11.6. The Morgan fingerprint density at radius 2 is 1.65 bits per heavy atom. The molecule has 1 N–H and O–H groups in total. The van der Waals surface area contributed by atoms with Crippen LogP contribution in [0.2, 0.25) is 0 Å². The summed E-state index contributed by atoms with van der Waals surface area (Å²) in [7, 11) is 0. The zero-order valence-corrected chi connectivity index (χ0v) is 11.6. The number of nitrogens with zero attached hydrogens (tertiary/aromatic N) is 1. The Bertz CT molecular complexity index is 538. The van der Waals surface area contributed by atoms with Crippen LogP contribution in [0.3, 0.4) is 0 Å². The number of nitrogens with one attached hydrogen (secondary N) is 1. The molecule has 23 heavy (non-hydrogen) atoms. The van der Waals surface area contributed by atoms with Crippen molar-refractivity contribution in [2.24, 2.45) is 0 Å². The Labute approximate surface area is 127 Å². The lowest BCUT2D eigenvalue weighted by Crippen LogP contribution is -2.49. The van der Waals surface area contributed by atoms with Crippen molar-refractivity contribution >= 4 is 0 Å². The maximum atomic E-state index is 13.9. The Hall–Kier alpha value is -1.55. The van der Waals surface area contributed by atoms with Crippen molar-refractivity contribution in [2.75, 3.05) is 26.2 Å². The summed E-state index contributed by atoms with van der Waals surface area (Å²) < 4.78 is 94.1. The van der Waals surface area contributed by atoms with E-state index in [1.807, 2.05) is 0 Å². The van der Waals surface area contributed by atoms with Gasteiger partial charge in [0.15, 0.2) is 0 Å². The molecule has 0 amide bonds. The maximum Gasteiger partial charge on any atom is 0.573 e. The summed E-state index contributed by atoms with van der Waals surface area (Å²) >= 11 is 0. The van der Waals surface area contributed by atoms with Crippen LogP contribution in [0.5, 0.6) is 5.75 Å². The van der Waals surface area contributed by atoms with E-state index in [2.05, 4.69) is 10.1 Å². The molecule has 10 heteroatoms. The molecule has 0 aliphatic carbocycles. The van der Waals surface area contributed by atoms with Crippen molar-refractivity contribution in [3.8, 4) is 5.75 Å². The van der Waals surface area contributed by atoms with Gasteiger partial charge in [0.05, 0.1) is 0 Å². The number of alkyl halides is 6.